The summed E-state index contributed by atoms with van der Waals surface area (Å²) < 4.78 is 25.3. The molecular weight excluding hydrogens is 262 g/mol. The van der Waals surface area contributed by atoms with Crippen LogP contribution in [0.1, 0.15) is 49.7 Å². The average Bonchev–Trinajstić information content (AvgIpc) is 2.32. The first-order valence-corrected chi connectivity index (χ1v) is 6.80. The van der Waals surface area contributed by atoms with E-state index in [4.69, 9.17) is 0 Å². The van der Waals surface area contributed by atoms with Crippen molar-refractivity contribution in [2.24, 2.45) is 5.92 Å². The molecule has 0 atom stereocenters. The molecule has 0 spiro atoms. The highest BCUT2D eigenvalue weighted by atomic mass is 19.3. The molecule has 1 saturated carbocycles. The number of carbonyl (C=O) groups excluding carboxylic acids is 1. The Kier molecular flexibility index (Phi) is 3.80. The second kappa shape index (κ2) is 5.11. The lowest BCUT2D eigenvalue weighted by Crippen LogP contribution is -2.42. The number of halogens is 2. The van der Waals surface area contributed by atoms with E-state index in [0.717, 1.165) is 5.56 Å². The van der Waals surface area contributed by atoms with Gasteiger partial charge in [0, 0.05) is 25.6 Å². The van der Waals surface area contributed by atoms with Gasteiger partial charge in [-0.15, -0.1) is 0 Å². The van der Waals surface area contributed by atoms with Gasteiger partial charge >= 0.3 is 0 Å². The molecule has 110 valence electrons. The third-order valence-corrected chi connectivity index (χ3v) is 3.59. The van der Waals surface area contributed by atoms with Gasteiger partial charge in [-0.25, -0.2) is 8.78 Å². The lowest BCUT2D eigenvalue weighted by molar-refractivity contribution is -0.108. The van der Waals surface area contributed by atoms with Crippen molar-refractivity contribution in [3.63, 3.8) is 0 Å². The van der Waals surface area contributed by atoms with Crippen LogP contribution in [0.5, 0.6) is 0 Å². The summed E-state index contributed by atoms with van der Waals surface area (Å²) in [7, 11) is 0. The first-order chi connectivity index (χ1) is 9.17. The Hall–Kier alpha value is -1.52. The Balaban J connectivity index is 1.87. The van der Waals surface area contributed by atoms with Gasteiger partial charge in [-0.05, 0) is 23.0 Å². The van der Waals surface area contributed by atoms with Crippen LogP contribution in [0.2, 0.25) is 0 Å². The van der Waals surface area contributed by atoms with Gasteiger partial charge < -0.3 is 5.32 Å². The molecule has 20 heavy (non-hydrogen) atoms. The van der Waals surface area contributed by atoms with E-state index in [9.17, 15) is 13.6 Å². The zero-order chi connectivity index (χ0) is 15.0. The largest absolute Gasteiger partial charge is 0.350 e. The number of rotatable bonds is 3. The quantitative estimate of drug-likeness (QED) is 0.925. The topological polar surface area (TPSA) is 42.0 Å². The number of carbonyl (C=O) groups is 1. The van der Waals surface area contributed by atoms with Gasteiger partial charge in [0.25, 0.3) is 5.91 Å². The fourth-order valence-electron chi connectivity index (χ4n) is 2.23. The Morgan fingerprint density at radius 3 is 2.50 bits per heavy atom. The van der Waals surface area contributed by atoms with Crippen LogP contribution in [-0.4, -0.2) is 23.4 Å². The molecule has 0 aromatic carbocycles. The molecular formula is C15H20F2N2O. The third-order valence-electron chi connectivity index (χ3n) is 3.59. The number of alkyl halides is 2. The molecule has 1 aliphatic rings. The summed E-state index contributed by atoms with van der Waals surface area (Å²) in [6.45, 7) is 6.50. The molecule has 0 bridgehead atoms. The summed E-state index contributed by atoms with van der Waals surface area (Å²) in [5.74, 6) is -2.97. The standard InChI is InChI=1S/C15H20F2N2O/c1-14(2,3)11-4-5-12(18-9-11)13(20)19-8-10-6-15(16,17)7-10/h4-5,9-10H,6-8H2,1-3H3,(H,19,20). The monoisotopic (exact) mass is 282 g/mol. The Bertz CT molecular complexity index is 484. The highest BCUT2D eigenvalue weighted by Gasteiger charge is 2.45. The molecule has 2 rings (SSSR count). The number of pyridine rings is 1. The Morgan fingerprint density at radius 1 is 1.40 bits per heavy atom. The van der Waals surface area contributed by atoms with Crippen molar-refractivity contribution in [2.45, 2.75) is 45.0 Å². The van der Waals surface area contributed by atoms with E-state index in [0.29, 0.717) is 5.69 Å². The van der Waals surface area contributed by atoms with Crippen LogP contribution in [0.15, 0.2) is 18.3 Å². The van der Waals surface area contributed by atoms with Gasteiger partial charge in [-0.2, -0.15) is 0 Å². The summed E-state index contributed by atoms with van der Waals surface area (Å²) in [4.78, 5) is 16.0. The molecule has 1 amide bonds. The van der Waals surface area contributed by atoms with Crippen LogP contribution in [0.25, 0.3) is 0 Å². The van der Waals surface area contributed by atoms with Gasteiger partial charge in [0.1, 0.15) is 5.69 Å². The molecule has 1 fully saturated rings. The maximum Gasteiger partial charge on any atom is 0.269 e. The number of hydrogen-bond acceptors (Lipinski definition) is 2. The van der Waals surface area contributed by atoms with Gasteiger partial charge in [-0.3, -0.25) is 9.78 Å². The summed E-state index contributed by atoms with van der Waals surface area (Å²) in [6.07, 6.45) is 1.42. The Morgan fingerprint density at radius 2 is 2.05 bits per heavy atom. The summed E-state index contributed by atoms with van der Waals surface area (Å²) in [5, 5.41) is 2.66. The van der Waals surface area contributed by atoms with E-state index in [-0.39, 0.29) is 36.6 Å². The second-order valence-electron chi connectivity index (χ2n) is 6.52. The SMILES string of the molecule is CC(C)(C)c1ccc(C(=O)NCC2CC(F)(F)C2)nc1. The lowest BCUT2D eigenvalue weighted by atomic mass is 9.81. The fourth-order valence-corrected chi connectivity index (χ4v) is 2.23. The minimum atomic E-state index is -2.54. The van der Waals surface area contributed by atoms with Gasteiger partial charge in [0.05, 0.1) is 0 Å². The van der Waals surface area contributed by atoms with Crippen molar-refractivity contribution in [1.82, 2.24) is 10.3 Å². The van der Waals surface area contributed by atoms with Crippen LogP contribution >= 0.6 is 0 Å². The molecule has 1 aliphatic carbocycles. The van der Waals surface area contributed by atoms with Gasteiger partial charge in [0.15, 0.2) is 0 Å². The summed E-state index contributed by atoms with van der Waals surface area (Å²) >= 11 is 0. The summed E-state index contributed by atoms with van der Waals surface area (Å²) in [5.41, 5.74) is 1.36. The molecule has 1 aromatic heterocycles. The van der Waals surface area contributed by atoms with Crippen LogP contribution < -0.4 is 5.32 Å². The van der Waals surface area contributed by atoms with Crippen molar-refractivity contribution in [3.05, 3.63) is 29.6 Å². The molecule has 1 aromatic rings. The molecule has 5 heteroatoms. The normalized spacial score (nSPS) is 18.4. The molecule has 0 saturated heterocycles. The minimum absolute atomic E-state index is 0.0144. The van der Waals surface area contributed by atoms with E-state index in [1.807, 2.05) is 6.07 Å². The minimum Gasteiger partial charge on any atom is -0.350 e. The van der Waals surface area contributed by atoms with Crippen LogP contribution in [0.4, 0.5) is 8.78 Å². The van der Waals surface area contributed by atoms with E-state index >= 15 is 0 Å². The first-order valence-electron chi connectivity index (χ1n) is 6.80. The van der Waals surface area contributed by atoms with E-state index in [1.165, 1.54) is 0 Å². The predicted octanol–water partition coefficient (Wildman–Crippen LogP) is 3.15. The number of nitrogens with one attached hydrogen (secondary N) is 1. The lowest BCUT2D eigenvalue weighted by Gasteiger charge is -2.34. The average molecular weight is 282 g/mol. The number of nitrogens with zero attached hydrogens (tertiary/aromatic N) is 1. The van der Waals surface area contributed by atoms with Crippen LogP contribution in [0, 0.1) is 5.92 Å². The third kappa shape index (κ3) is 3.52. The molecule has 0 unspecified atom stereocenters. The predicted molar refractivity (Wildman–Crippen MR) is 72.9 cm³/mol. The van der Waals surface area contributed by atoms with E-state index in [2.05, 4.69) is 31.1 Å². The van der Waals surface area contributed by atoms with E-state index < -0.39 is 5.92 Å². The van der Waals surface area contributed by atoms with Crippen molar-refractivity contribution >= 4 is 5.91 Å². The van der Waals surface area contributed by atoms with Crippen molar-refractivity contribution < 1.29 is 13.6 Å². The smallest absolute Gasteiger partial charge is 0.269 e. The van der Waals surface area contributed by atoms with Crippen molar-refractivity contribution in [1.29, 1.82) is 0 Å². The zero-order valence-corrected chi connectivity index (χ0v) is 12.0. The Labute approximate surface area is 117 Å². The fraction of sp³-hybridized carbons (Fsp3) is 0.600. The highest BCUT2D eigenvalue weighted by Crippen LogP contribution is 2.41. The van der Waals surface area contributed by atoms with Gasteiger partial charge in [-0.1, -0.05) is 26.8 Å². The maximum absolute atomic E-state index is 12.7. The number of amides is 1. The van der Waals surface area contributed by atoms with Gasteiger partial charge in [0.2, 0.25) is 5.92 Å². The second-order valence-corrected chi connectivity index (χ2v) is 6.52. The zero-order valence-electron chi connectivity index (χ0n) is 12.0. The summed E-state index contributed by atoms with van der Waals surface area (Å²) in [6, 6.07) is 3.55. The van der Waals surface area contributed by atoms with Crippen molar-refractivity contribution in [3.8, 4) is 0 Å². The highest BCUT2D eigenvalue weighted by molar-refractivity contribution is 5.92. The number of hydrogen-bond donors (Lipinski definition) is 1. The molecule has 1 N–H and O–H groups in total. The van der Waals surface area contributed by atoms with Crippen LogP contribution in [-0.2, 0) is 5.41 Å². The van der Waals surface area contributed by atoms with Crippen molar-refractivity contribution in [2.75, 3.05) is 6.54 Å². The molecule has 1 heterocycles. The van der Waals surface area contributed by atoms with Crippen LogP contribution in [0.3, 0.4) is 0 Å². The molecule has 0 radical (unpaired) electrons. The maximum atomic E-state index is 12.7. The first kappa shape index (κ1) is 14.9. The molecule has 0 aliphatic heterocycles. The van der Waals surface area contributed by atoms with E-state index in [1.54, 1.807) is 12.3 Å². The molecule has 3 nitrogen and oxygen atoms in total. The number of aromatic nitrogens is 1.